The number of fused-ring (bicyclic) bond motifs is 3. The summed E-state index contributed by atoms with van der Waals surface area (Å²) in [6.07, 6.45) is 5.76. The fourth-order valence-electron chi connectivity index (χ4n) is 4.98. The van der Waals surface area contributed by atoms with Crippen molar-refractivity contribution in [2.24, 2.45) is 0 Å². The number of oxazole rings is 1. The number of rotatable bonds is 5. The second-order valence-electron chi connectivity index (χ2n) is 8.57. The van der Waals surface area contributed by atoms with Gasteiger partial charge in [-0.25, -0.2) is 0 Å². The Bertz CT molecular complexity index is 1070. The molecule has 2 aliphatic heterocycles. The van der Waals surface area contributed by atoms with Crippen LogP contribution in [0.15, 0.2) is 46.9 Å². The maximum atomic E-state index is 13.1. The zero-order valence-corrected chi connectivity index (χ0v) is 19.2. The number of amides is 1. The molecule has 8 heteroatoms. The van der Waals surface area contributed by atoms with E-state index >= 15 is 0 Å². The molecule has 1 amide bonds. The van der Waals surface area contributed by atoms with E-state index in [1.807, 2.05) is 42.5 Å². The Balaban J connectivity index is 0.00000245. The van der Waals surface area contributed by atoms with Crippen LogP contribution in [0.2, 0.25) is 0 Å². The Labute approximate surface area is 193 Å². The first-order valence-corrected chi connectivity index (χ1v) is 10.9. The molecule has 170 valence electrons. The Hall–Kier alpha value is -2.77. The third-order valence-corrected chi connectivity index (χ3v) is 6.68. The molecule has 2 aliphatic rings. The summed E-state index contributed by atoms with van der Waals surface area (Å²) in [5.74, 6) is 0.697. The van der Waals surface area contributed by atoms with Crippen LogP contribution in [0.1, 0.15) is 42.5 Å². The average molecular weight is 457 g/mol. The number of ether oxygens (including phenoxy) is 1. The molecule has 32 heavy (non-hydrogen) atoms. The van der Waals surface area contributed by atoms with E-state index in [2.05, 4.69) is 27.6 Å². The van der Waals surface area contributed by atoms with Gasteiger partial charge in [0, 0.05) is 23.8 Å². The molecule has 2 aromatic carbocycles. The van der Waals surface area contributed by atoms with Crippen molar-refractivity contribution in [3.63, 3.8) is 0 Å². The van der Waals surface area contributed by atoms with Crippen LogP contribution in [0.4, 0.5) is 11.7 Å². The van der Waals surface area contributed by atoms with Crippen LogP contribution < -0.4 is 15.4 Å². The molecule has 2 atom stereocenters. The molecule has 2 bridgehead atoms. The van der Waals surface area contributed by atoms with Gasteiger partial charge < -0.3 is 24.7 Å². The lowest BCUT2D eigenvalue weighted by molar-refractivity contribution is 0.0463. The number of nitrogens with one attached hydrogen (secondary N) is 2. The van der Waals surface area contributed by atoms with Crippen LogP contribution in [-0.2, 0) is 0 Å². The fraction of sp³-hybridized carbons (Fsp3) is 0.417. The summed E-state index contributed by atoms with van der Waals surface area (Å²) < 4.78 is 11.0. The quantitative estimate of drug-likeness (QED) is 0.577. The van der Waals surface area contributed by atoms with Gasteiger partial charge in [-0.1, -0.05) is 12.5 Å². The number of nitrogens with zero attached hydrogens (tertiary/aromatic N) is 2. The Morgan fingerprint density at radius 1 is 1.12 bits per heavy atom. The SMILES string of the molecule is COc1ccc(Nc2nc3c(C(=O)NC4CC5CCCC(C4)N5C)cccc3o2)cc1.Cl. The number of carbonyl (C=O) groups excluding carboxylic acids is 1. The predicted molar refractivity (Wildman–Crippen MR) is 127 cm³/mol. The molecule has 0 radical (unpaired) electrons. The van der Waals surface area contributed by atoms with E-state index in [-0.39, 0.29) is 24.4 Å². The molecule has 2 fully saturated rings. The molecule has 3 aromatic rings. The van der Waals surface area contributed by atoms with E-state index in [9.17, 15) is 4.79 Å². The number of hydrogen-bond donors (Lipinski definition) is 2. The molecule has 1 aromatic heterocycles. The van der Waals surface area contributed by atoms with Crippen LogP contribution in [0.25, 0.3) is 11.1 Å². The van der Waals surface area contributed by atoms with Crippen LogP contribution in [0.5, 0.6) is 5.75 Å². The molecule has 0 aliphatic carbocycles. The van der Waals surface area contributed by atoms with Crippen molar-refractivity contribution in [3.8, 4) is 5.75 Å². The summed E-state index contributed by atoms with van der Waals surface area (Å²) in [7, 11) is 3.85. The molecule has 7 nitrogen and oxygen atoms in total. The van der Waals surface area contributed by atoms with Gasteiger partial charge in [0.05, 0.1) is 12.7 Å². The lowest BCUT2D eigenvalue weighted by atomic mass is 9.82. The van der Waals surface area contributed by atoms with Gasteiger partial charge in [0.2, 0.25) is 0 Å². The first-order chi connectivity index (χ1) is 15.1. The molecule has 2 N–H and O–H groups in total. The molecule has 3 heterocycles. The van der Waals surface area contributed by atoms with Crippen molar-refractivity contribution < 1.29 is 13.9 Å². The Morgan fingerprint density at radius 2 is 1.84 bits per heavy atom. The fourth-order valence-corrected chi connectivity index (χ4v) is 4.98. The van der Waals surface area contributed by atoms with Gasteiger partial charge in [-0.2, -0.15) is 4.98 Å². The zero-order valence-electron chi connectivity index (χ0n) is 18.3. The molecule has 2 unspecified atom stereocenters. The predicted octanol–water partition coefficient (Wildman–Crippen LogP) is 4.75. The Morgan fingerprint density at radius 3 is 2.53 bits per heavy atom. The van der Waals surface area contributed by atoms with Gasteiger partial charge in [-0.3, -0.25) is 4.79 Å². The monoisotopic (exact) mass is 456 g/mol. The molecule has 2 saturated heterocycles. The van der Waals surface area contributed by atoms with Crippen molar-refractivity contribution in [2.75, 3.05) is 19.5 Å². The number of piperidine rings is 2. The number of benzene rings is 2. The topological polar surface area (TPSA) is 79.6 Å². The number of hydrogen-bond acceptors (Lipinski definition) is 6. The molecular weight excluding hydrogens is 428 g/mol. The summed E-state index contributed by atoms with van der Waals surface area (Å²) in [5, 5.41) is 6.42. The second-order valence-corrected chi connectivity index (χ2v) is 8.57. The van der Waals surface area contributed by atoms with Gasteiger partial charge >= 0.3 is 0 Å². The summed E-state index contributed by atoms with van der Waals surface area (Å²) >= 11 is 0. The van der Waals surface area contributed by atoms with E-state index in [1.54, 1.807) is 7.11 Å². The van der Waals surface area contributed by atoms with E-state index in [1.165, 1.54) is 19.3 Å². The van der Waals surface area contributed by atoms with Gasteiger partial charge in [-0.15, -0.1) is 12.4 Å². The normalized spacial score (nSPS) is 22.8. The highest BCUT2D eigenvalue weighted by Gasteiger charge is 2.36. The van der Waals surface area contributed by atoms with E-state index < -0.39 is 0 Å². The van der Waals surface area contributed by atoms with E-state index in [0.29, 0.717) is 34.8 Å². The third kappa shape index (κ3) is 4.40. The molecular formula is C24H29ClN4O3. The average Bonchev–Trinajstić information content (AvgIpc) is 3.17. The lowest BCUT2D eigenvalue weighted by Gasteiger charge is -2.47. The summed E-state index contributed by atoms with van der Waals surface area (Å²) in [6.45, 7) is 0. The molecule has 0 saturated carbocycles. The number of carbonyl (C=O) groups is 1. The van der Waals surface area contributed by atoms with Crippen LogP contribution in [-0.4, -0.2) is 48.1 Å². The van der Waals surface area contributed by atoms with Crippen molar-refractivity contribution >= 4 is 41.1 Å². The Kier molecular flexibility index (Phi) is 6.58. The van der Waals surface area contributed by atoms with Crippen LogP contribution in [0, 0.1) is 0 Å². The molecule has 0 spiro atoms. The smallest absolute Gasteiger partial charge is 0.300 e. The van der Waals surface area contributed by atoms with Crippen molar-refractivity contribution in [1.29, 1.82) is 0 Å². The summed E-state index contributed by atoms with van der Waals surface area (Å²) in [4.78, 5) is 20.2. The number of halogens is 1. The van der Waals surface area contributed by atoms with Crippen molar-refractivity contribution in [2.45, 2.75) is 50.2 Å². The lowest BCUT2D eigenvalue weighted by Crippen LogP contribution is -2.55. The second kappa shape index (κ2) is 9.38. The number of aromatic nitrogens is 1. The minimum Gasteiger partial charge on any atom is -0.497 e. The number of para-hydroxylation sites is 1. The highest BCUT2D eigenvalue weighted by molar-refractivity contribution is 6.04. The first-order valence-electron chi connectivity index (χ1n) is 10.9. The van der Waals surface area contributed by atoms with Gasteiger partial charge in [-0.05, 0) is 69.1 Å². The zero-order chi connectivity index (χ0) is 21.4. The van der Waals surface area contributed by atoms with Gasteiger partial charge in [0.25, 0.3) is 11.9 Å². The number of methoxy groups -OCH3 is 1. The summed E-state index contributed by atoms with van der Waals surface area (Å²) in [5.41, 5.74) is 2.54. The number of anilines is 2. The maximum absolute atomic E-state index is 13.1. The van der Waals surface area contributed by atoms with Crippen LogP contribution >= 0.6 is 12.4 Å². The minimum atomic E-state index is -0.0810. The van der Waals surface area contributed by atoms with Crippen LogP contribution in [0.3, 0.4) is 0 Å². The van der Waals surface area contributed by atoms with E-state index in [0.717, 1.165) is 24.3 Å². The highest BCUT2D eigenvalue weighted by Crippen LogP contribution is 2.33. The minimum absolute atomic E-state index is 0. The van der Waals surface area contributed by atoms with Gasteiger partial charge in [0.1, 0.15) is 11.3 Å². The summed E-state index contributed by atoms with van der Waals surface area (Å²) in [6, 6.07) is 14.7. The van der Waals surface area contributed by atoms with Gasteiger partial charge in [0.15, 0.2) is 5.58 Å². The third-order valence-electron chi connectivity index (χ3n) is 6.68. The van der Waals surface area contributed by atoms with Crippen molar-refractivity contribution in [1.82, 2.24) is 15.2 Å². The first kappa shape index (κ1) is 22.4. The maximum Gasteiger partial charge on any atom is 0.300 e. The largest absolute Gasteiger partial charge is 0.497 e. The van der Waals surface area contributed by atoms with E-state index in [4.69, 9.17) is 9.15 Å². The highest BCUT2D eigenvalue weighted by atomic mass is 35.5. The molecule has 5 rings (SSSR count). The van der Waals surface area contributed by atoms with Crippen molar-refractivity contribution in [3.05, 3.63) is 48.0 Å². The standard InChI is InChI=1S/C24H28N4O3.ClH/c1-28-17-5-3-6-18(28)14-16(13-17)25-23(29)20-7-4-8-21-22(20)27-24(31-21)26-15-9-11-19(30-2)12-10-15;/h4,7-12,16-18H,3,5-6,13-14H2,1-2H3,(H,25,29)(H,26,27);1H.